The maximum Gasteiger partial charge on any atom is 0.212 e. The molecule has 0 bridgehead atoms. The Morgan fingerprint density at radius 2 is 1.59 bits per heavy atom. The zero-order valence-corrected chi connectivity index (χ0v) is 19.3. The first-order valence-corrected chi connectivity index (χ1v) is 11.7. The van der Waals surface area contributed by atoms with Crippen LogP contribution in [0.4, 0.5) is 0 Å². The number of carbonyl (C=O) groups excluding carboxylic acids is 1. The number of pyridine rings is 1. The van der Waals surface area contributed by atoms with Gasteiger partial charge in [0.25, 0.3) is 0 Å². The number of ether oxygens (including phenoxy) is 1. The topological polar surface area (TPSA) is 51.2 Å². The third-order valence-corrected chi connectivity index (χ3v) is 6.45. The smallest absolute Gasteiger partial charge is 0.212 e. The van der Waals surface area contributed by atoms with E-state index in [4.69, 9.17) is 4.74 Å². The van der Waals surface area contributed by atoms with Crippen LogP contribution in [0, 0.1) is 0 Å². The van der Waals surface area contributed by atoms with Crippen LogP contribution in [0.1, 0.15) is 39.4 Å². The van der Waals surface area contributed by atoms with Gasteiger partial charge in [-0.15, -0.1) is 0 Å². The molecule has 4 nitrogen and oxygen atoms in total. The van der Waals surface area contributed by atoms with Crippen molar-refractivity contribution < 1.29 is 9.53 Å². The van der Waals surface area contributed by atoms with Crippen molar-refractivity contribution in [3.05, 3.63) is 119 Å². The van der Waals surface area contributed by atoms with Gasteiger partial charge in [-0.05, 0) is 34.2 Å². The van der Waals surface area contributed by atoms with E-state index in [1.165, 1.54) is 5.56 Å². The predicted molar refractivity (Wildman–Crippen MR) is 135 cm³/mol. The molecule has 4 heteroatoms. The molecule has 0 amide bonds. The average molecular weight is 449 g/mol. The van der Waals surface area contributed by atoms with Gasteiger partial charge in [-0.3, -0.25) is 4.79 Å². The highest BCUT2D eigenvalue weighted by Crippen LogP contribution is 2.41. The molecule has 1 N–H and O–H groups in total. The molecule has 1 fully saturated rings. The highest BCUT2D eigenvalue weighted by molar-refractivity contribution is 5.97. The molecular weight excluding hydrogens is 420 g/mol. The Labute approximate surface area is 200 Å². The lowest BCUT2D eigenvalue weighted by Gasteiger charge is -2.07. The highest BCUT2D eigenvalue weighted by Gasteiger charge is 2.37. The van der Waals surface area contributed by atoms with Crippen LogP contribution in [-0.4, -0.2) is 23.9 Å². The quantitative estimate of drug-likeness (QED) is 0.328. The first-order chi connectivity index (χ1) is 16.7. The van der Waals surface area contributed by atoms with Gasteiger partial charge in [-0.25, -0.2) is 4.98 Å². The predicted octanol–water partition coefficient (Wildman–Crippen LogP) is 5.83. The summed E-state index contributed by atoms with van der Waals surface area (Å²) < 4.78 is 5.11. The molecule has 4 aromatic rings. The van der Waals surface area contributed by atoms with Gasteiger partial charge in [0.2, 0.25) is 5.88 Å². The van der Waals surface area contributed by atoms with Crippen molar-refractivity contribution in [2.75, 3.05) is 7.11 Å². The van der Waals surface area contributed by atoms with Gasteiger partial charge in [0.1, 0.15) is 0 Å². The van der Waals surface area contributed by atoms with Gasteiger partial charge >= 0.3 is 0 Å². The Kier molecular flexibility index (Phi) is 6.50. The van der Waals surface area contributed by atoms with Gasteiger partial charge in [-0.1, -0.05) is 84.9 Å². The van der Waals surface area contributed by atoms with Crippen LogP contribution in [0.5, 0.6) is 5.88 Å². The third-order valence-electron chi connectivity index (χ3n) is 6.45. The first-order valence-electron chi connectivity index (χ1n) is 11.7. The van der Waals surface area contributed by atoms with E-state index in [0.717, 1.165) is 40.8 Å². The number of ketones is 1. The van der Waals surface area contributed by atoms with Gasteiger partial charge in [0, 0.05) is 42.8 Å². The van der Waals surface area contributed by atoms with E-state index < -0.39 is 0 Å². The summed E-state index contributed by atoms with van der Waals surface area (Å²) >= 11 is 0. The Bertz CT molecular complexity index is 1230. The van der Waals surface area contributed by atoms with E-state index in [0.29, 0.717) is 24.3 Å². The van der Waals surface area contributed by atoms with E-state index in [9.17, 15) is 4.79 Å². The van der Waals surface area contributed by atoms with E-state index in [1.54, 1.807) is 7.11 Å². The minimum atomic E-state index is 0.145. The SMILES string of the molecule is COc1ccc(CNC2CC2c2ccc(CC(=O)c3ccc(-c4ccccc4)cc3)cc2)cn1. The van der Waals surface area contributed by atoms with Crippen LogP contribution in [0.25, 0.3) is 11.1 Å². The fraction of sp³-hybridized carbons (Fsp3) is 0.200. The molecule has 0 saturated heterocycles. The summed E-state index contributed by atoms with van der Waals surface area (Å²) in [5.74, 6) is 1.31. The number of nitrogens with one attached hydrogen (secondary N) is 1. The van der Waals surface area contributed by atoms with Crippen molar-refractivity contribution in [2.45, 2.75) is 31.3 Å². The van der Waals surface area contributed by atoms with Crippen LogP contribution in [0.2, 0.25) is 0 Å². The van der Waals surface area contributed by atoms with Gasteiger partial charge in [-0.2, -0.15) is 0 Å². The molecule has 170 valence electrons. The van der Waals surface area contributed by atoms with E-state index in [2.05, 4.69) is 46.7 Å². The molecule has 1 heterocycles. The lowest BCUT2D eigenvalue weighted by Crippen LogP contribution is -2.17. The molecule has 0 aliphatic heterocycles. The number of aromatic nitrogens is 1. The monoisotopic (exact) mass is 448 g/mol. The minimum Gasteiger partial charge on any atom is -0.481 e. The Hall–Kier alpha value is -3.76. The average Bonchev–Trinajstić information content (AvgIpc) is 3.68. The Balaban J connectivity index is 1.13. The molecule has 2 atom stereocenters. The molecule has 1 aliphatic carbocycles. The van der Waals surface area contributed by atoms with Crippen molar-refractivity contribution in [1.29, 1.82) is 0 Å². The van der Waals surface area contributed by atoms with Gasteiger partial charge < -0.3 is 10.1 Å². The second kappa shape index (κ2) is 10.0. The number of hydrogen-bond acceptors (Lipinski definition) is 4. The number of benzene rings is 3. The minimum absolute atomic E-state index is 0.145. The number of rotatable bonds is 9. The molecule has 0 radical (unpaired) electrons. The maximum atomic E-state index is 12.8. The summed E-state index contributed by atoms with van der Waals surface area (Å²) in [4.78, 5) is 17.0. The summed E-state index contributed by atoms with van der Waals surface area (Å²) in [7, 11) is 1.62. The summed E-state index contributed by atoms with van der Waals surface area (Å²) in [6.07, 6.45) is 3.40. The number of methoxy groups -OCH3 is 1. The standard InChI is InChI=1S/C30H28N2O2/c1-34-30-16-9-22(20-32-30)19-31-28-18-27(28)25-10-7-21(8-11-25)17-29(33)26-14-12-24(13-15-26)23-5-3-2-4-6-23/h2-16,20,27-28,31H,17-19H2,1H3. The fourth-order valence-electron chi connectivity index (χ4n) is 4.32. The summed E-state index contributed by atoms with van der Waals surface area (Å²) in [6, 6.07) is 31.0. The second-order valence-electron chi connectivity index (χ2n) is 8.82. The summed E-state index contributed by atoms with van der Waals surface area (Å²) in [6.45, 7) is 0.799. The van der Waals surface area contributed by atoms with Crippen LogP contribution in [-0.2, 0) is 13.0 Å². The lowest BCUT2D eigenvalue weighted by molar-refractivity contribution is 0.0993. The van der Waals surface area contributed by atoms with Crippen LogP contribution >= 0.6 is 0 Å². The van der Waals surface area contributed by atoms with Crippen LogP contribution in [0.3, 0.4) is 0 Å². The molecule has 34 heavy (non-hydrogen) atoms. The molecule has 1 saturated carbocycles. The summed E-state index contributed by atoms with van der Waals surface area (Å²) in [5.41, 5.74) is 6.56. The molecule has 2 unspecified atom stereocenters. The Morgan fingerprint density at radius 1 is 0.882 bits per heavy atom. The number of hydrogen-bond donors (Lipinski definition) is 1. The molecule has 1 aliphatic rings. The molecule has 3 aromatic carbocycles. The van der Waals surface area contributed by atoms with Crippen molar-refractivity contribution in [3.8, 4) is 17.0 Å². The normalized spacial score (nSPS) is 16.7. The first kappa shape index (κ1) is 22.1. The highest BCUT2D eigenvalue weighted by atomic mass is 16.5. The summed E-state index contributed by atoms with van der Waals surface area (Å²) in [5, 5.41) is 3.61. The van der Waals surface area contributed by atoms with Crippen LogP contribution in [0.15, 0.2) is 97.2 Å². The van der Waals surface area contributed by atoms with Crippen molar-refractivity contribution in [3.63, 3.8) is 0 Å². The van der Waals surface area contributed by atoms with Crippen molar-refractivity contribution in [2.24, 2.45) is 0 Å². The zero-order valence-electron chi connectivity index (χ0n) is 19.3. The molecular formula is C30H28N2O2. The number of nitrogens with zero attached hydrogens (tertiary/aromatic N) is 1. The van der Waals surface area contributed by atoms with E-state index >= 15 is 0 Å². The van der Waals surface area contributed by atoms with E-state index in [-0.39, 0.29) is 5.78 Å². The molecule has 1 aromatic heterocycles. The fourth-order valence-corrected chi connectivity index (χ4v) is 4.32. The second-order valence-corrected chi connectivity index (χ2v) is 8.82. The maximum absolute atomic E-state index is 12.8. The van der Waals surface area contributed by atoms with Crippen LogP contribution < -0.4 is 10.1 Å². The largest absolute Gasteiger partial charge is 0.481 e. The third kappa shape index (κ3) is 5.24. The van der Waals surface area contributed by atoms with Gasteiger partial charge in [0.15, 0.2) is 5.78 Å². The number of Topliss-reactive ketones (excluding diaryl/α,β-unsaturated/α-hetero) is 1. The number of carbonyl (C=O) groups is 1. The van der Waals surface area contributed by atoms with Crippen molar-refractivity contribution >= 4 is 5.78 Å². The van der Waals surface area contributed by atoms with Gasteiger partial charge in [0.05, 0.1) is 7.11 Å². The molecule has 5 rings (SSSR count). The van der Waals surface area contributed by atoms with Crippen molar-refractivity contribution in [1.82, 2.24) is 10.3 Å². The van der Waals surface area contributed by atoms with E-state index in [1.807, 2.05) is 60.8 Å². The molecule has 0 spiro atoms. The lowest BCUT2D eigenvalue weighted by atomic mass is 9.98. The zero-order chi connectivity index (χ0) is 23.3. The Morgan fingerprint density at radius 3 is 2.26 bits per heavy atom.